The molecule has 0 atom stereocenters. The van der Waals surface area contributed by atoms with Crippen molar-refractivity contribution in [1.29, 1.82) is 0 Å². The zero-order chi connectivity index (χ0) is 20.9. The molecule has 0 aromatic heterocycles. The number of ether oxygens (including phenoxy) is 2. The fourth-order valence-electron chi connectivity index (χ4n) is 4.65. The summed E-state index contributed by atoms with van der Waals surface area (Å²) in [4.78, 5) is 17.8. The second kappa shape index (κ2) is 6.97. The van der Waals surface area contributed by atoms with Crippen LogP contribution in [0.2, 0.25) is 0 Å². The number of carbonyl (C=O) groups is 1. The third-order valence-corrected chi connectivity index (χ3v) is 6.37. The molecule has 2 aliphatic rings. The molecule has 2 aliphatic heterocycles. The van der Waals surface area contributed by atoms with Gasteiger partial charge in [-0.15, -0.1) is 0 Å². The lowest BCUT2D eigenvalue weighted by molar-refractivity contribution is 0.0683. The van der Waals surface area contributed by atoms with E-state index in [1.54, 1.807) is 7.11 Å². The van der Waals surface area contributed by atoms with Crippen LogP contribution in [0.4, 0.5) is 11.4 Å². The van der Waals surface area contributed by atoms with Crippen molar-refractivity contribution in [3.8, 4) is 11.5 Å². The van der Waals surface area contributed by atoms with E-state index in [0.717, 1.165) is 60.1 Å². The number of anilines is 2. The van der Waals surface area contributed by atoms with Crippen molar-refractivity contribution in [2.24, 2.45) is 0 Å². The summed E-state index contributed by atoms with van der Waals surface area (Å²) in [7, 11) is 1.72. The first-order valence-electron chi connectivity index (χ1n) is 10.3. The number of nitrogens with zero attached hydrogens (tertiary/aromatic N) is 2. The molecule has 0 radical (unpaired) electrons. The monoisotopic (exact) mass is 394 g/mol. The SMILES string of the molecule is COc1ccccc1N1CCN(c2c(C)c(C)c3c(c2C)C(=O)C(C)(C)O3)CC1. The number of hydrogen-bond acceptors (Lipinski definition) is 5. The molecule has 0 aliphatic carbocycles. The van der Waals surface area contributed by atoms with Crippen molar-refractivity contribution in [3.05, 3.63) is 46.5 Å². The lowest BCUT2D eigenvalue weighted by Crippen LogP contribution is -2.47. The molecule has 4 rings (SSSR count). The van der Waals surface area contributed by atoms with Crippen molar-refractivity contribution in [1.82, 2.24) is 0 Å². The molecule has 2 aromatic carbocycles. The smallest absolute Gasteiger partial charge is 0.209 e. The van der Waals surface area contributed by atoms with Gasteiger partial charge in [0.15, 0.2) is 5.60 Å². The molecule has 5 heteroatoms. The topological polar surface area (TPSA) is 42.0 Å². The Morgan fingerprint density at radius 1 is 0.931 bits per heavy atom. The predicted molar refractivity (Wildman–Crippen MR) is 117 cm³/mol. The summed E-state index contributed by atoms with van der Waals surface area (Å²) in [5.41, 5.74) is 5.63. The van der Waals surface area contributed by atoms with Gasteiger partial charge in [0.25, 0.3) is 0 Å². The van der Waals surface area contributed by atoms with E-state index in [0.29, 0.717) is 0 Å². The van der Waals surface area contributed by atoms with Crippen molar-refractivity contribution in [2.75, 3.05) is 43.1 Å². The predicted octanol–water partition coefficient (Wildman–Crippen LogP) is 4.30. The first-order chi connectivity index (χ1) is 13.8. The van der Waals surface area contributed by atoms with Gasteiger partial charge < -0.3 is 19.3 Å². The van der Waals surface area contributed by atoms with E-state index in [-0.39, 0.29) is 5.78 Å². The number of hydrogen-bond donors (Lipinski definition) is 0. The average Bonchev–Trinajstić information content (AvgIpc) is 2.96. The molecule has 1 fully saturated rings. The molecule has 5 nitrogen and oxygen atoms in total. The standard InChI is InChI=1S/C24H30N2O3/c1-15-16(2)22-20(23(27)24(4,5)29-22)17(3)21(15)26-13-11-25(12-14-26)18-9-7-8-10-19(18)28-6/h7-10H,11-14H2,1-6H3. The number of fused-ring (bicyclic) bond motifs is 1. The molecule has 0 bridgehead atoms. The largest absolute Gasteiger partial charge is 0.495 e. The van der Waals surface area contributed by atoms with Gasteiger partial charge in [-0.3, -0.25) is 4.79 Å². The van der Waals surface area contributed by atoms with Crippen LogP contribution < -0.4 is 19.3 Å². The van der Waals surface area contributed by atoms with Crippen LogP contribution in [0.15, 0.2) is 24.3 Å². The molecule has 0 N–H and O–H groups in total. The molecule has 29 heavy (non-hydrogen) atoms. The number of benzene rings is 2. The second-order valence-corrected chi connectivity index (χ2v) is 8.52. The van der Waals surface area contributed by atoms with Gasteiger partial charge in [0.2, 0.25) is 5.78 Å². The maximum absolute atomic E-state index is 13.0. The van der Waals surface area contributed by atoms with E-state index in [4.69, 9.17) is 9.47 Å². The van der Waals surface area contributed by atoms with E-state index < -0.39 is 5.60 Å². The second-order valence-electron chi connectivity index (χ2n) is 8.52. The molecular weight excluding hydrogens is 364 g/mol. The van der Waals surface area contributed by atoms with E-state index in [2.05, 4.69) is 42.7 Å². The van der Waals surface area contributed by atoms with E-state index in [1.165, 1.54) is 11.3 Å². The van der Waals surface area contributed by atoms with Crippen molar-refractivity contribution in [2.45, 2.75) is 40.2 Å². The first kappa shape index (κ1) is 19.6. The summed E-state index contributed by atoms with van der Waals surface area (Å²) in [6.07, 6.45) is 0. The summed E-state index contributed by atoms with van der Waals surface area (Å²) in [5, 5.41) is 0. The zero-order valence-corrected chi connectivity index (χ0v) is 18.3. The maximum Gasteiger partial charge on any atom is 0.209 e. The highest BCUT2D eigenvalue weighted by Crippen LogP contribution is 2.45. The highest BCUT2D eigenvalue weighted by molar-refractivity contribution is 6.10. The van der Waals surface area contributed by atoms with E-state index in [1.807, 2.05) is 26.0 Å². The highest BCUT2D eigenvalue weighted by Gasteiger charge is 2.43. The van der Waals surface area contributed by atoms with E-state index in [9.17, 15) is 4.79 Å². The molecule has 0 saturated carbocycles. The lowest BCUT2D eigenvalue weighted by atomic mass is 9.90. The Bertz CT molecular complexity index is 973. The van der Waals surface area contributed by atoms with Crippen LogP contribution in [0.1, 0.15) is 40.9 Å². The molecule has 154 valence electrons. The molecule has 0 unspecified atom stereocenters. The van der Waals surface area contributed by atoms with Gasteiger partial charge in [0.1, 0.15) is 11.5 Å². The van der Waals surface area contributed by atoms with Crippen molar-refractivity contribution < 1.29 is 14.3 Å². The first-order valence-corrected chi connectivity index (χ1v) is 10.3. The Labute approximate surface area is 173 Å². The Morgan fingerprint density at radius 3 is 2.21 bits per heavy atom. The quantitative estimate of drug-likeness (QED) is 0.776. The number of para-hydroxylation sites is 2. The molecule has 0 spiro atoms. The lowest BCUT2D eigenvalue weighted by Gasteiger charge is -2.39. The number of carbonyl (C=O) groups excluding carboxylic acids is 1. The van der Waals surface area contributed by atoms with Crippen LogP contribution in [-0.4, -0.2) is 44.7 Å². The van der Waals surface area contributed by atoms with Crippen molar-refractivity contribution >= 4 is 17.2 Å². The molecule has 2 heterocycles. The van der Waals surface area contributed by atoms with Crippen LogP contribution in [0, 0.1) is 20.8 Å². The summed E-state index contributed by atoms with van der Waals surface area (Å²) in [5.74, 6) is 1.76. The van der Waals surface area contributed by atoms with Crippen LogP contribution in [-0.2, 0) is 0 Å². The number of Topliss-reactive ketones (excluding diaryl/α,β-unsaturated/α-hetero) is 1. The van der Waals surface area contributed by atoms with Crippen LogP contribution >= 0.6 is 0 Å². The van der Waals surface area contributed by atoms with Gasteiger partial charge in [-0.2, -0.15) is 0 Å². The summed E-state index contributed by atoms with van der Waals surface area (Å²) < 4.78 is 11.6. The average molecular weight is 395 g/mol. The number of methoxy groups -OCH3 is 1. The van der Waals surface area contributed by atoms with Crippen LogP contribution in [0.3, 0.4) is 0 Å². The number of piperazine rings is 1. The third-order valence-electron chi connectivity index (χ3n) is 6.37. The van der Waals surface area contributed by atoms with Crippen LogP contribution in [0.25, 0.3) is 0 Å². The molecular formula is C24H30N2O3. The van der Waals surface area contributed by atoms with Crippen molar-refractivity contribution in [3.63, 3.8) is 0 Å². The minimum atomic E-state index is -0.786. The van der Waals surface area contributed by atoms with Gasteiger partial charge >= 0.3 is 0 Å². The van der Waals surface area contributed by atoms with Gasteiger partial charge in [0.05, 0.1) is 18.4 Å². The Hall–Kier alpha value is -2.69. The molecule has 1 saturated heterocycles. The van der Waals surface area contributed by atoms with Gasteiger partial charge in [-0.05, 0) is 63.4 Å². The van der Waals surface area contributed by atoms with Gasteiger partial charge in [-0.25, -0.2) is 0 Å². The zero-order valence-electron chi connectivity index (χ0n) is 18.3. The third kappa shape index (κ3) is 3.04. The van der Waals surface area contributed by atoms with Gasteiger partial charge in [0, 0.05) is 31.9 Å². The summed E-state index contributed by atoms with van der Waals surface area (Å²) in [6, 6.07) is 8.17. The summed E-state index contributed by atoms with van der Waals surface area (Å²) >= 11 is 0. The number of rotatable bonds is 3. The number of ketones is 1. The highest BCUT2D eigenvalue weighted by atomic mass is 16.5. The normalized spacial score (nSPS) is 17.9. The Morgan fingerprint density at radius 2 is 1.55 bits per heavy atom. The van der Waals surface area contributed by atoms with E-state index >= 15 is 0 Å². The molecule has 0 amide bonds. The fraction of sp³-hybridized carbons (Fsp3) is 0.458. The fourth-order valence-corrected chi connectivity index (χ4v) is 4.65. The summed E-state index contributed by atoms with van der Waals surface area (Å²) in [6.45, 7) is 13.6. The molecule has 2 aromatic rings. The minimum absolute atomic E-state index is 0.0852. The Balaban J connectivity index is 1.64. The minimum Gasteiger partial charge on any atom is -0.495 e. The maximum atomic E-state index is 13.0. The van der Waals surface area contributed by atoms with Crippen LogP contribution in [0.5, 0.6) is 11.5 Å². The Kier molecular flexibility index (Phi) is 4.72. The van der Waals surface area contributed by atoms with Gasteiger partial charge in [-0.1, -0.05) is 12.1 Å².